The average molecular weight is 296 g/mol. The summed E-state index contributed by atoms with van der Waals surface area (Å²) in [4.78, 5) is 24.4. The Kier molecular flexibility index (Phi) is 3.92. The first-order chi connectivity index (χ1) is 10.7. The Bertz CT molecular complexity index is 734. The van der Waals surface area contributed by atoms with Crippen molar-refractivity contribution in [2.45, 2.75) is 20.0 Å². The topological polar surface area (TPSA) is 52.6 Å². The molecule has 0 saturated heterocycles. The number of ether oxygens (including phenoxy) is 2. The van der Waals surface area contributed by atoms with Crippen LogP contribution >= 0.6 is 0 Å². The third kappa shape index (κ3) is 2.60. The van der Waals surface area contributed by atoms with Crippen molar-refractivity contribution >= 4 is 11.8 Å². The van der Waals surface area contributed by atoms with Crippen LogP contribution in [0.2, 0.25) is 0 Å². The predicted octanol–water partition coefficient (Wildman–Crippen LogP) is 2.92. The minimum atomic E-state index is -0.325. The monoisotopic (exact) mass is 296 g/mol. The Morgan fingerprint density at radius 2 is 1.91 bits per heavy atom. The van der Waals surface area contributed by atoms with E-state index in [4.69, 9.17) is 9.47 Å². The highest BCUT2D eigenvalue weighted by molar-refractivity contribution is 6.12. The van der Waals surface area contributed by atoms with E-state index in [1.54, 1.807) is 31.2 Å². The highest BCUT2D eigenvalue weighted by atomic mass is 16.5. The smallest absolute Gasteiger partial charge is 0.310 e. The van der Waals surface area contributed by atoms with Crippen LogP contribution in [0.5, 0.6) is 5.75 Å². The van der Waals surface area contributed by atoms with E-state index < -0.39 is 0 Å². The van der Waals surface area contributed by atoms with Crippen molar-refractivity contribution in [3.63, 3.8) is 0 Å². The third-order valence-corrected chi connectivity index (χ3v) is 3.62. The molecule has 3 rings (SSSR count). The Balaban J connectivity index is 2.01. The molecule has 2 aromatic rings. The number of ketones is 1. The normalized spacial score (nSPS) is 12.7. The first kappa shape index (κ1) is 14.3. The summed E-state index contributed by atoms with van der Waals surface area (Å²) in [6.45, 7) is 2.41. The number of hydrogen-bond acceptors (Lipinski definition) is 4. The number of carbonyl (C=O) groups is 2. The molecule has 4 nitrogen and oxygen atoms in total. The van der Waals surface area contributed by atoms with Gasteiger partial charge < -0.3 is 9.47 Å². The van der Waals surface area contributed by atoms with E-state index in [1.165, 1.54) is 0 Å². The summed E-state index contributed by atoms with van der Waals surface area (Å²) in [6, 6.07) is 12.7. The molecule has 0 spiro atoms. The molecule has 0 N–H and O–H groups in total. The van der Waals surface area contributed by atoms with Gasteiger partial charge in [-0.05, 0) is 13.0 Å². The molecule has 22 heavy (non-hydrogen) atoms. The van der Waals surface area contributed by atoms with Gasteiger partial charge >= 0.3 is 5.97 Å². The van der Waals surface area contributed by atoms with Crippen LogP contribution in [-0.2, 0) is 22.6 Å². The van der Waals surface area contributed by atoms with E-state index in [1.807, 2.05) is 18.2 Å². The molecule has 1 aliphatic rings. The van der Waals surface area contributed by atoms with Gasteiger partial charge in [-0.3, -0.25) is 9.59 Å². The van der Waals surface area contributed by atoms with Crippen molar-refractivity contribution in [3.8, 4) is 5.75 Å². The largest absolute Gasteiger partial charge is 0.488 e. The zero-order valence-electron chi connectivity index (χ0n) is 12.3. The van der Waals surface area contributed by atoms with Crippen LogP contribution in [0.4, 0.5) is 0 Å². The second kappa shape index (κ2) is 6.02. The number of hydrogen-bond donors (Lipinski definition) is 0. The molecular weight excluding hydrogens is 280 g/mol. The molecule has 0 aromatic heterocycles. The lowest BCUT2D eigenvalue weighted by Gasteiger charge is -2.11. The molecule has 0 amide bonds. The Labute approximate surface area is 128 Å². The zero-order valence-corrected chi connectivity index (χ0v) is 12.3. The van der Waals surface area contributed by atoms with Gasteiger partial charge in [-0.15, -0.1) is 0 Å². The summed E-state index contributed by atoms with van der Waals surface area (Å²) in [6.07, 6.45) is 0.0979. The number of esters is 1. The lowest BCUT2D eigenvalue weighted by atomic mass is 9.97. The highest BCUT2D eigenvalue weighted by Gasteiger charge is 2.24. The maximum Gasteiger partial charge on any atom is 0.310 e. The van der Waals surface area contributed by atoms with Crippen LogP contribution in [0.15, 0.2) is 42.5 Å². The van der Waals surface area contributed by atoms with Gasteiger partial charge in [0.05, 0.1) is 18.6 Å². The molecule has 112 valence electrons. The Hall–Kier alpha value is -2.62. The zero-order chi connectivity index (χ0) is 15.5. The molecule has 0 radical (unpaired) electrons. The molecule has 4 heteroatoms. The number of para-hydroxylation sites is 1. The van der Waals surface area contributed by atoms with Crippen molar-refractivity contribution in [2.24, 2.45) is 0 Å². The van der Waals surface area contributed by atoms with Gasteiger partial charge in [-0.25, -0.2) is 0 Å². The van der Waals surface area contributed by atoms with Gasteiger partial charge in [0.15, 0.2) is 5.78 Å². The second-order valence-corrected chi connectivity index (χ2v) is 5.05. The van der Waals surface area contributed by atoms with Gasteiger partial charge in [-0.2, -0.15) is 0 Å². The van der Waals surface area contributed by atoms with E-state index in [-0.39, 0.29) is 18.2 Å². The van der Waals surface area contributed by atoms with Crippen LogP contribution < -0.4 is 4.74 Å². The number of carbonyl (C=O) groups excluding carboxylic acids is 2. The van der Waals surface area contributed by atoms with Crippen LogP contribution in [0.1, 0.15) is 34.0 Å². The van der Waals surface area contributed by atoms with Crippen LogP contribution in [-0.4, -0.2) is 18.4 Å². The molecule has 0 fully saturated rings. The quantitative estimate of drug-likeness (QED) is 0.817. The minimum Gasteiger partial charge on any atom is -0.488 e. The van der Waals surface area contributed by atoms with E-state index in [2.05, 4.69) is 0 Å². The maximum absolute atomic E-state index is 12.7. The second-order valence-electron chi connectivity index (χ2n) is 5.05. The standard InChI is InChI=1S/C18H16O4/c1-2-21-16(19)10-12-7-5-9-15-17(20)14-8-4-3-6-13(14)11-22-18(12)15/h3-9H,2,10-11H2,1H3. The maximum atomic E-state index is 12.7. The summed E-state index contributed by atoms with van der Waals surface area (Å²) in [5, 5.41) is 0. The average Bonchev–Trinajstić information content (AvgIpc) is 2.67. The lowest BCUT2D eigenvalue weighted by Crippen LogP contribution is -2.10. The number of fused-ring (bicyclic) bond motifs is 2. The van der Waals surface area contributed by atoms with Crippen molar-refractivity contribution in [3.05, 3.63) is 64.7 Å². The molecule has 0 unspecified atom stereocenters. The summed E-state index contributed by atoms with van der Waals surface area (Å²) < 4.78 is 10.8. The van der Waals surface area contributed by atoms with Gasteiger partial charge in [0.25, 0.3) is 0 Å². The molecule has 0 aliphatic carbocycles. The molecule has 0 atom stereocenters. The first-order valence-corrected chi connectivity index (χ1v) is 7.23. The molecular formula is C18H16O4. The summed E-state index contributed by atoms with van der Waals surface area (Å²) >= 11 is 0. The van der Waals surface area contributed by atoms with Gasteiger partial charge in [0, 0.05) is 16.7 Å². The fourth-order valence-corrected chi connectivity index (χ4v) is 2.60. The Morgan fingerprint density at radius 3 is 2.73 bits per heavy atom. The summed E-state index contributed by atoms with van der Waals surface area (Å²) in [7, 11) is 0. The van der Waals surface area contributed by atoms with Crippen molar-refractivity contribution in [2.75, 3.05) is 6.61 Å². The van der Waals surface area contributed by atoms with Crippen molar-refractivity contribution in [1.29, 1.82) is 0 Å². The fourth-order valence-electron chi connectivity index (χ4n) is 2.60. The first-order valence-electron chi connectivity index (χ1n) is 7.23. The Morgan fingerprint density at radius 1 is 1.14 bits per heavy atom. The SMILES string of the molecule is CCOC(=O)Cc1cccc2c1OCc1ccccc1C2=O. The molecule has 1 aliphatic heterocycles. The van der Waals surface area contributed by atoms with Gasteiger partial charge in [-0.1, -0.05) is 36.4 Å². The number of rotatable bonds is 3. The van der Waals surface area contributed by atoms with E-state index in [0.29, 0.717) is 35.7 Å². The molecule has 2 aromatic carbocycles. The van der Waals surface area contributed by atoms with E-state index in [0.717, 1.165) is 5.56 Å². The van der Waals surface area contributed by atoms with Crippen LogP contribution in [0, 0.1) is 0 Å². The lowest BCUT2D eigenvalue weighted by molar-refractivity contribution is -0.142. The predicted molar refractivity (Wildman–Crippen MR) is 81.0 cm³/mol. The van der Waals surface area contributed by atoms with Crippen molar-refractivity contribution < 1.29 is 19.1 Å². The van der Waals surface area contributed by atoms with Crippen LogP contribution in [0.25, 0.3) is 0 Å². The van der Waals surface area contributed by atoms with Gasteiger partial charge in [0.2, 0.25) is 0 Å². The minimum absolute atomic E-state index is 0.0752. The van der Waals surface area contributed by atoms with E-state index >= 15 is 0 Å². The summed E-state index contributed by atoms with van der Waals surface area (Å²) in [5.41, 5.74) is 2.67. The number of benzene rings is 2. The molecule has 0 bridgehead atoms. The fraction of sp³-hybridized carbons (Fsp3) is 0.222. The van der Waals surface area contributed by atoms with Gasteiger partial charge in [0.1, 0.15) is 12.4 Å². The highest BCUT2D eigenvalue weighted by Crippen LogP contribution is 2.32. The summed E-state index contributed by atoms with van der Waals surface area (Å²) in [5.74, 6) is 0.0827. The molecule has 1 heterocycles. The van der Waals surface area contributed by atoms with Crippen LogP contribution in [0.3, 0.4) is 0 Å². The molecule has 0 saturated carbocycles. The third-order valence-electron chi connectivity index (χ3n) is 3.62. The van der Waals surface area contributed by atoms with E-state index in [9.17, 15) is 9.59 Å². The van der Waals surface area contributed by atoms with Crippen molar-refractivity contribution in [1.82, 2.24) is 0 Å².